The van der Waals surface area contributed by atoms with Crippen LogP contribution in [0.1, 0.15) is 20.8 Å². The highest BCUT2D eigenvalue weighted by atomic mass is 35.5. The van der Waals surface area contributed by atoms with Gasteiger partial charge in [-0.25, -0.2) is 4.79 Å². The van der Waals surface area contributed by atoms with Gasteiger partial charge in [0.2, 0.25) is 5.56 Å². The van der Waals surface area contributed by atoms with Crippen molar-refractivity contribution in [2.24, 2.45) is 0 Å². The van der Waals surface area contributed by atoms with Crippen molar-refractivity contribution in [2.45, 2.75) is 0 Å². The van der Waals surface area contributed by atoms with Gasteiger partial charge in [0.1, 0.15) is 5.69 Å². The van der Waals surface area contributed by atoms with Crippen LogP contribution in [-0.4, -0.2) is 22.0 Å². The number of hydrogen-bond acceptors (Lipinski definition) is 3. The second-order valence-electron chi connectivity index (χ2n) is 4.00. The number of carboxylic acids is 1. The highest BCUT2D eigenvalue weighted by Gasteiger charge is 2.18. The molecule has 0 radical (unpaired) electrons. The molecule has 6 nitrogen and oxygen atoms in total. The van der Waals surface area contributed by atoms with Crippen LogP contribution < -0.4 is 10.9 Å². The molecule has 0 fully saturated rings. The maximum absolute atomic E-state index is 12.0. The molecule has 1 aromatic heterocycles. The Morgan fingerprint density at radius 2 is 1.90 bits per heavy atom. The average Bonchev–Trinajstić information content (AvgIpc) is 2.41. The Hall–Kier alpha value is -2.31. The number of halogens is 2. The molecule has 0 aliphatic carbocycles. The maximum Gasteiger partial charge on any atom is 0.337 e. The number of amides is 1. The number of aromatic amines is 1. The predicted molar refractivity (Wildman–Crippen MR) is 78.4 cm³/mol. The summed E-state index contributed by atoms with van der Waals surface area (Å²) >= 11 is 11.6. The number of H-pyrrole nitrogens is 1. The lowest BCUT2D eigenvalue weighted by Crippen LogP contribution is -2.19. The monoisotopic (exact) mass is 326 g/mol. The molecule has 1 aromatic carbocycles. The molecule has 0 bridgehead atoms. The van der Waals surface area contributed by atoms with Crippen LogP contribution >= 0.6 is 23.2 Å². The summed E-state index contributed by atoms with van der Waals surface area (Å²) in [6.45, 7) is 0. The SMILES string of the molecule is O=C(Nc1c(Cl)cc(Cl)cc1C(=O)O)c1cccc(=O)[nH]1. The summed E-state index contributed by atoms with van der Waals surface area (Å²) in [6.07, 6.45) is 0. The van der Waals surface area contributed by atoms with Crippen molar-refractivity contribution < 1.29 is 14.7 Å². The number of hydrogen-bond donors (Lipinski definition) is 3. The van der Waals surface area contributed by atoms with Gasteiger partial charge in [-0.2, -0.15) is 0 Å². The zero-order chi connectivity index (χ0) is 15.6. The molecule has 108 valence electrons. The Bertz CT molecular complexity index is 786. The van der Waals surface area contributed by atoms with Crippen LogP contribution in [0.15, 0.2) is 35.1 Å². The minimum Gasteiger partial charge on any atom is -0.478 e. The Labute approximate surface area is 128 Å². The number of carbonyl (C=O) groups is 2. The summed E-state index contributed by atoms with van der Waals surface area (Å²) in [5.74, 6) is -1.99. The Morgan fingerprint density at radius 1 is 1.19 bits per heavy atom. The van der Waals surface area contributed by atoms with Gasteiger partial charge in [0.15, 0.2) is 0 Å². The minimum atomic E-state index is -1.30. The molecule has 8 heteroatoms. The number of aromatic carboxylic acids is 1. The number of anilines is 1. The summed E-state index contributed by atoms with van der Waals surface area (Å²) in [7, 11) is 0. The minimum absolute atomic E-state index is 0.0217. The van der Waals surface area contributed by atoms with E-state index in [9.17, 15) is 14.4 Å². The van der Waals surface area contributed by atoms with Gasteiger partial charge < -0.3 is 15.4 Å². The quantitative estimate of drug-likeness (QED) is 0.807. The molecule has 0 saturated carbocycles. The van der Waals surface area contributed by atoms with Gasteiger partial charge in [0, 0.05) is 11.1 Å². The van der Waals surface area contributed by atoms with Gasteiger partial charge in [-0.15, -0.1) is 0 Å². The molecule has 2 aromatic rings. The molecule has 0 saturated heterocycles. The molecule has 0 aliphatic heterocycles. The van der Waals surface area contributed by atoms with Gasteiger partial charge in [-0.05, 0) is 18.2 Å². The summed E-state index contributed by atoms with van der Waals surface area (Å²) in [4.78, 5) is 36.7. The fourth-order valence-corrected chi connectivity index (χ4v) is 2.17. The molecule has 0 unspecified atom stereocenters. The number of pyridine rings is 1. The summed E-state index contributed by atoms with van der Waals surface area (Å²) < 4.78 is 0. The van der Waals surface area contributed by atoms with Crippen LogP contribution in [0.5, 0.6) is 0 Å². The van der Waals surface area contributed by atoms with Crippen molar-refractivity contribution >= 4 is 40.8 Å². The second-order valence-corrected chi connectivity index (χ2v) is 4.84. The molecule has 1 amide bonds. The van der Waals surface area contributed by atoms with Crippen molar-refractivity contribution in [3.05, 3.63) is 62.0 Å². The van der Waals surface area contributed by atoms with E-state index < -0.39 is 17.4 Å². The van der Waals surface area contributed by atoms with E-state index in [2.05, 4.69) is 10.3 Å². The fourth-order valence-electron chi connectivity index (χ4n) is 1.63. The molecule has 2 rings (SSSR count). The lowest BCUT2D eigenvalue weighted by atomic mass is 10.1. The normalized spacial score (nSPS) is 10.2. The Balaban J connectivity index is 2.42. The van der Waals surface area contributed by atoms with Crippen LogP contribution in [0.4, 0.5) is 5.69 Å². The number of benzene rings is 1. The molecule has 0 atom stereocenters. The van der Waals surface area contributed by atoms with E-state index in [0.29, 0.717) is 0 Å². The second kappa shape index (κ2) is 5.99. The largest absolute Gasteiger partial charge is 0.478 e. The van der Waals surface area contributed by atoms with E-state index in [4.69, 9.17) is 28.3 Å². The van der Waals surface area contributed by atoms with E-state index in [1.54, 1.807) is 0 Å². The highest BCUT2D eigenvalue weighted by molar-refractivity contribution is 6.38. The third kappa shape index (κ3) is 3.42. The number of rotatable bonds is 3. The lowest BCUT2D eigenvalue weighted by Gasteiger charge is -2.11. The van der Waals surface area contributed by atoms with Crippen molar-refractivity contribution in [2.75, 3.05) is 5.32 Å². The Kier molecular flexibility index (Phi) is 4.30. The lowest BCUT2D eigenvalue weighted by molar-refractivity contribution is 0.0698. The molecule has 0 spiro atoms. The predicted octanol–water partition coefficient (Wildman–Crippen LogP) is 2.63. The summed E-state index contributed by atoms with van der Waals surface area (Å²) in [5.41, 5.74) is -0.824. The van der Waals surface area contributed by atoms with Gasteiger partial charge in [-0.3, -0.25) is 9.59 Å². The molecular weight excluding hydrogens is 319 g/mol. The summed E-state index contributed by atoms with van der Waals surface area (Å²) in [6, 6.07) is 6.49. The van der Waals surface area contributed by atoms with Crippen LogP contribution in [0.25, 0.3) is 0 Å². The third-order valence-corrected chi connectivity index (χ3v) is 3.05. The van der Waals surface area contributed by atoms with Gasteiger partial charge in [0.25, 0.3) is 5.91 Å². The molecular formula is C13H8Cl2N2O4. The first-order valence-electron chi connectivity index (χ1n) is 5.61. The number of aromatic nitrogens is 1. The third-order valence-electron chi connectivity index (χ3n) is 2.54. The zero-order valence-corrected chi connectivity index (χ0v) is 11.8. The first-order chi connectivity index (χ1) is 9.88. The van der Waals surface area contributed by atoms with Gasteiger partial charge in [-0.1, -0.05) is 29.3 Å². The molecule has 3 N–H and O–H groups in total. The van der Waals surface area contributed by atoms with E-state index >= 15 is 0 Å². The van der Waals surface area contributed by atoms with Crippen molar-refractivity contribution in [3.8, 4) is 0 Å². The van der Waals surface area contributed by atoms with Crippen molar-refractivity contribution in [1.82, 2.24) is 4.98 Å². The molecule has 1 heterocycles. The standard InChI is InChI=1S/C13H8Cl2N2O4/c14-6-4-7(13(20)21)11(8(15)5-6)17-12(19)9-2-1-3-10(18)16-9/h1-5H,(H,16,18)(H,17,19)(H,20,21). The molecule has 0 aliphatic rings. The van der Waals surface area contributed by atoms with Crippen molar-refractivity contribution in [1.29, 1.82) is 0 Å². The van der Waals surface area contributed by atoms with Gasteiger partial charge >= 0.3 is 5.97 Å². The zero-order valence-electron chi connectivity index (χ0n) is 10.3. The number of carboxylic acid groups (broad SMARTS) is 1. The smallest absolute Gasteiger partial charge is 0.337 e. The van der Waals surface area contributed by atoms with Crippen LogP contribution in [-0.2, 0) is 0 Å². The van der Waals surface area contributed by atoms with E-state index in [-0.39, 0.29) is 27.0 Å². The average molecular weight is 327 g/mol. The van der Waals surface area contributed by atoms with Crippen LogP contribution in [0.3, 0.4) is 0 Å². The van der Waals surface area contributed by atoms with E-state index in [1.165, 1.54) is 30.3 Å². The van der Waals surface area contributed by atoms with Gasteiger partial charge in [0.05, 0.1) is 16.3 Å². The highest BCUT2D eigenvalue weighted by Crippen LogP contribution is 2.30. The number of carbonyl (C=O) groups excluding carboxylic acids is 1. The Morgan fingerprint density at radius 3 is 2.52 bits per heavy atom. The topological polar surface area (TPSA) is 99.3 Å². The number of nitrogens with one attached hydrogen (secondary N) is 2. The fraction of sp³-hybridized carbons (Fsp3) is 0. The van der Waals surface area contributed by atoms with Crippen molar-refractivity contribution in [3.63, 3.8) is 0 Å². The van der Waals surface area contributed by atoms with Crippen LogP contribution in [0, 0.1) is 0 Å². The maximum atomic E-state index is 12.0. The van der Waals surface area contributed by atoms with Crippen LogP contribution in [0.2, 0.25) is 10.0 Å². The molecule has 21 heavy (non-hydrogen) atoms. The first-order valence-corrected chi connectivity index (χ1v) is 6.37. The van der Waals surface area contributed by atoms with E-state index in [0.717, 1.165) is 0 Å². The van der Waals surface area contributed by atoms with E-state index in [1.807, 2.05) is 0 Å². The first kappa shape index (κ1) is 15.1. The summed E-state index contributed by atoms with van der Waals surface area (Å²) in [5, 5.41) is 11.6.